The number of hydrogen-bond acceptors (Lipinski definition) is 3. The van der Waals surface area contributed by atoms with Crippen molar-refractivity contribution in [2.45, 2.75) is 13.8 Å². The minimum absolute atomic E-state index is 0.0958. The first-order valence-corrected chi connectivity index (χ1v) is 7.18. The second-order valence-electron chi connectivity index (χ2n) is 5.03. The van der Waals surface area contributed by atoms with E-state index >= 15 is 0 Å². The Bertz CT molecular complexity index is 727. The molecule has 0 saturated heterocycles. The van der Waals surface area contributed by atoms with Crippen molar-refractivity contribution in [3.05, 3.63) is 58.1 Å². The Kier molecular flexibility index (Phi) is 5.03. The van der Waals surface area contributed by atoms with Crippen LogP contribution in [-0.2, 0) is 4.79 Å². The zero-order chi connectivity index (χ0) is 16.1. The van der Waals surface area contributed by atoms with Crippen LogP contribution in [0.25, 0.3) is 0 Å². The molecule has 0 atom stereocenters. The lowest BCUT2D eigenvalue weighted by atomic mass is 10.1. The van der Waals surface area contributed by atoms with Crippen LogP contribution in [0, 0.1) is 25.2 Å². The van der Waals surface area contributed by atoms with Gasteiger partial charge in [-0.25, -0.2) is 0 Å². The van der Waals surface area contributed by atoms with Gasteiger partial charge >= 0.3 is 0 Å². The molecule has 0 spiro atoms. The van der Waals surface area contributed by atoms with E-state index in [-0.39, 0.29) is 12.5 Å². The van der Waals surface area contributed by atoms with Crippen LogP contribution < -0.4 is 10.6 Å². The van der Waals surface area contributed by atoms with Gasteiger partial charge in [0.25, 0.3) is 0 Å². The predicted octanol–water partition coefficient (Wildman–Crippen LogP) is 3.88. The number of aryl methyl sites for hydroxylation is 2. The van der Waals surface area contributed by atoms with Crippen molar-refractivity contribution >= 4 is 28.9 Å². The Balaban J connectivity index is 2.00. The largest absolute Gasteiger partial charge is 0.376 e. The molecular formula is C17H16ClN3O. The molecule has 4 nitrogen and oxygen atoms in total. The molecule has 0 radical (unpaired) electrons. The van der Waals surface area contributed by atoms with Gasteiger partial charge in [0, 0.05) is 5.69 Å². The number of nitriles is 1. The summed E-state index contributed by atoms with van der Waals surface area (Å²) in [5, 5.41) is 15.2. The van der Waals surface area contributed by atoms with E-state index in [1.165, 1.54) is 0 Å². The van der Waals surface area contributed by atoms with Gasteiger partial charge < -0.3 is 10.6 Å². The standard InChI is InChI=1S/C17H16ClN3O/c1-11-6-12(2)17(15(18)7-11)21-16(22)10-20-14-5-3-4-13(8-14)9-19/h3-8,20H,10H2,1-2H3,(H,21,22). The Hall–Kier alpha value is -2.51. The molecule has 0 fully saturated rings. The Morgan fingerprint density at radius 3 is 2.73 bits per heavy atom. The second kappa shape index (κ2) is 6.97. The minimum atomic E-state index is -0.198. The number of anilines is 2. The number of halogens is 1. The highest BCUT2D eigenvalue weighted by molar-refractivity contribution is 6.34. The lowest BCUT2D eigenvalue weighted by Gasteiger charge is -2.12. The van der Waals surface area contributed by atoms with Gasteiger partial charge in [-0.05, 0) is 49.2 Å². The molecule has 0 bridgehead atoms. The lowest BCUT2D eigenvalue weighted by Crippen LogP contribution is -2.22. The summed E-state index contributed by atoms with van der Waals surface area (Å²) in [6.07, 6.45) is 0. The third-order valence-electron chi connectivity index (χ3n) is 3.14. The van der Waals surface area contributed by atoms with Crippen molar-refractivity contribution in [1.82, 2.24) is 0 Å². The van der Waals surface area contributed by atoms with Gasteiger partial charge in [0.1, 0.15) is 0 Å². The molecule has 0 unspecified atom stereocenters. The molecule has 0 heterocycles. The summed E-state index contributed by atoms with van der Waals surface area (Å²) in [6, 6.07) is 12.8. The first kappa shape index (κ1) is 15.9. The molecule has 0 aliphatic rings. The van der Waals surface area contributed by atoms with Gasteiger partial charge in [0.2, 0.25) is 5.91 Å². The number of amides is 1. The number of rotatable bonds is 4. The van der Waals surface area contributed by atoms with Crippen LogP contribution >= 0.6 is 11.6 Å². The predicted molar refractivity (Wildman–Crippen MR) is 89.2 cm³/mol. The maximum atomic E-state index is 12.0. The van der Waals surface area contributed by atoms with Crippen molar-refractivity contribution in [1.29, 1.82) is 5.26 Å². The number of carbonyl (C=O) groups excluding carboxylic acids is 1. The summed E-state index contributed by atoms with van der Waals surface area (Å²) in [7, 11) is 0. The maximum absolute atomic E-state index is 12.0. The summed E-state index contributed by atoms with van der Waals surface area (Å²) in [6.45, 7) is 3.95. The number of hydrogen-bond donors (Lipinski definition) is 2. The molecule has 22 heavy (non-hydrogen) atoms. The van der Waals surface area contributed by atoms with E-state index in [1.54, 1.807) is 24.3 Å². The zero-order valence-corrected chi connectivity index (χ0v) is 13.2. The van der Waals surface area contributed by atoms with E-state index in [0.717, 1.165) is 16.8 Å². The van der Waals surface area contributed by atoms with Gasteiger partial charge in [-0.3, -0.25) is 4.79 Å². The Morgan fingerprint density at radius 1 is 1.27 bits per heavy atom. The number of nitrogens with zero attached hydrogens (tertiary/aromatic N) is 1. The van der Waals surface area contributed by atoms with E-state index in [2.05, 4.69) is 16.7 Å². The molecule has 1 amide bonds. The molecule has 0 aliphatic heterocycles. The molecule has 0 aromatic heterocycles. The fourth-order valence-electron chi connectivity index (χ4n) is 2.14. The highest BCUT2D eigenvalue weighted by atomic mass is 35.5. The van der Waals surface area contributed by atoms with E-state index in [0.29, 0.717) is 16.3 Å². The van der Waals surface area contributed by atoms with Crippen LogP contribution in [0.1, 0.15) is 16.7 Å². The SMILES string of the molecule is Cc1cc(C)c(NC(=O)CNc2cccc(C#N)c2)c(Cl)c1. The summed E-state index contributed by atoms with van der Waals surface area (Å²) in [5.41, 5.74) is 3.87. The Labute approximate surface area is 134 Å². The topological polar surface area (TPSA) is 64.9 Å². The van der Waals surface area contributed by atoms with Crippen LogP contribution in [0.2, 0.25) is 5.02 Å². The van der Waals surface area contributed by atoms with Crippen LogP contribution in [0.15, 0.2) is 36.4 Å². The highest BCUT2D eigenvalue weighted by Crippen LogP contribution is 2.27. The monoisotopic (exact) mass is 313 g/mol. The van der Waals surface area contributed by atoms with Crippen LogP contribution in [-0.4, -0.2) is 12.5 Å². The van der Waals surface area contributed by atoms with Crippen molar-refractivity contribution in [3.8, 4) is 6.07 Å². The molecule has 112 valence electrons. The van der Waals surface area contributed by atoms with Crippen LogP contribution in [0.5, 0.6) is 0 Å². The summed E-state index contributed by atoms with van der Waals surface area (Å²) in [5.74, 6) is -0.198. The maximum Gasteiger partial charge on any atom is 0.243 e. The molecule has 2 rings (SSSR count). The van der Waals surface area contributed by atoms with Gasteiger partial charge in [-0.1, -0.05) is 23.7 Å². The first-order chi connectivity index (χ1) is 10.5. The molecule has 0 saturated carbocycles. The van der Waals surface area contributed by atoms with Crippen molar-refractivity contribution in [3.63, 3.8) is 0 Å². The Morgan fingerprint density at radius 2 is 2.05 bits per heavy atom. The third kappa shape index (κ3) is 4.00. The van der Waals surface area contributed by atoms with Gasteiger partial charge in [-0.15, -0.1) is 0 Å². The van der Waals surface area contributed by atoms with Crippen LogP contribution in [0.3, 0.4) is 0 Å². The average Bonchev–Trinajstić information content (AvgIpc) is 2.49. The molecule has 0 aliphatic carbocycles. The van der Waals surface area contributed by atoms with E-state index in [1.807, 2.05) is 26.0 Å². The van der Waals surface area contributed by atoms with Gasteiger partial charge in [-0.2, -0.15) is 5.26 Å². The summed E-state index contributed by atoms with van der Waals surface area (Å²) < 4.78 is 0. The van der Waals surface area contributed by atoms with E-state index in [9.17, 15) is 4.79 Å². The highest BCUT2D eigenvalue weighted by Gasteiger charge is 2.09. The minimum Gasteiger partial charge on any atom is -0.376 e. The zero-order valence-electron chi connectivity index (χ0n) is 12.4. The van der Waals surface area contributed by atoms with Crippen LogP contribution in [0.4, 0.5) is 11.4 Å². The number of nitrogens with one attached hydrogen (secondary N) is 2. The second-order valence-corrected chi connectivity index (χ2v) is 5.44. The van der Waals surface area contributed by atoms with Crippen molar-refractivity contribution in [2.75, 3.05) is 17.2 Å². The molecule has 5 heteroatoms. The van der Waals surface area contributed by atoms with E-state index < -0.39 is 0 Å². The molecular weight excluding hydrogens is 298 g/mol. The molecule has 2 aromatic rings. The normalized spacial score (nSPS) is 9.91. The average molecular weight is 314 g/mol. The van der Waals surface area contributed by atoms with Gasteiger partial charge in [0.05, 0.1) is 28.9 Å². The first-order valence-electron chi connectivity index (χ1n) is 6.80. The lowest BCUT2D eigenvalue weighted by molar-refractivity contribution is -0.114. The summed E-state index contributed by atoms with van der Waals surface area (Å²) in [4.78, 5) is 12.0. The number of benzene rings is 2. The molecule has 2 aromatic carbocycles. The van der Waals surface area contributed by atoms with Gasteiger partial charge in [0.15, 0.2) is 0 Å². The smallest absolute Gasteiger partial charge is 0.243 e. The molecule has 2 N–H and O–H groups in total. The quantitative estimate of drug-likeness (QED) is 0.900. The van der Waals surface area contributed by atoms with E-state index in [4.69, 9.17) is 16.9 Å². The third-order valence-corrected chi connectivity index (χ3v) is 3.44. The summed E-state index contributed by atoms with van der Waals surface area (Å²) >= 11 is 6.16. The van der Waals surface area contributed by atoms with Crippen molar-refractivity contribution < 1.29 is 4.79 Å². The fraction of sp³-hybridized carbons (Fsp3) is 0.176. The fourth-order valence-corrected chi connectivity index (χ4v) is 2.51. The number of carbonyl (C=O) groups is 1. The van der Waals surface area contributed by atoms with Crippen molar-refractivity contribution in [2.24, 2.45) is 0 Å².